The van der Waals surface area contributed by atoms with Crippen LogP contribution in [0.15, 0.2) is 48.5 Å². The summed E-state index contributed by atoms with van der Waals surface area (Å²) in [6, 6.07) is 15.2. The summed E-state index contributed by atoms with van der Waals surface area (Å²) in [5.41, 5.74) is 2.45. The highest BCUT2D eigenvalue weighted by atomic mass is 19.1. The Morgan fingerprint density at radius 2 is 2.00 bits per heavy atom. The van der Waals surface area contributed by atoms with Crippen LogP contribution < -0.4 is 18.9 Å². The van der Waals surface area contributed by atoms with E-state index in [2.05, 4.69) is 6.07 Å². The molecule has 1 N–H and O–H groups in total. The van der Waals surface area contributed by atoms with Crippen molar-refractivity contribution < 1.29 is 33.2 Å². The molecule has 1 heterocycles. The van der Waals surface area contributed by atoms with Crippen LogP contribution in [0.4, 0.5) is 4.39 Å². The molecule has 1 unspecified atom stereocenters. The fourth-order valence-corrected chi connectivity index (χ4v) is 4.67. The minimum absolute atomic E-state index is 0.00121. The largest absolute Gasteiger partial charge is 0.493 e. The summed E-state index contributed by atoms with van der Waals surface area (Å²) in [5.74, 6) is 1.02. The molecule has 8 heteroatoms. The second kappa shape index (κ2) is 9.18. The number of halogens is 1. The van der Waals surface area contributed by atoms with Crippen molar-refractivity contribution in [2.45, 2.75) is 31.3 Å². The zero-order chi connectivity index (χ0) is 24.5. The van der Waals surface area contributed by atoms with Gasteiger partial charge in [0, 0.05) is 34.7 Å². The zero-order valence-corrected chi connectivity index (χ0v) is 18.9. The molecule has 178 valence electrons. The average Bonchev–Trinajstić information content (AvgIpc) is 3.45. The summed E-state index contributed by atoms with van der Waals surface area (Å²) in [4.78, 5) is 11.1. The van der Waals surface area contributed by atoms with Gasteiger partial charge in [0.1, 0.15) is 29.2 Å². The van der Waals surface area contributed by atoms with E-state index >= 15 is 0 Å². The lowest BCUT2D eigenvalue weighted by molar-refractivity contribution is -0.137. The number of rotatable bonds is 7. The summed E-state index contributed by atoms with van der Waals surface area (Å²) in [7, 11) is 1.49. The van der Waals surface area contributed by atoms with Crippen LogP contribution in [0.3, 0.4) is 0 Å². The summed E-state index contributed by atoms with van der Waals surface area (Å²) in [5, 5.41) is 18.2. The molecule has 0 spiro atoms. The van der Waals surface area contributed by atoms with Crippen LogP contribution in [0.5, 0.6) is 28.7 Å². The number of methoxy groups -OCH3 is 1. The van der Waals surface area contributed by atoms with E-state index in [-0.39, 0.29) is 18.2 Å². The maximum atomic E-state index is 14.9. The number of aliphatic carboxylic acids is 1. The van der Waals surface area contributed by atoms with Gasteiger partial charge in [-0.1, -0.05) is 6.07 Å². The summed E-state index contributed by atoms with van der Waals surface area (Å²) >= 11 is 0. The van der Waals surface area contributed by atoms with Crippen molar-refractivity contribution >= 4 is 5.97 Å². The quantitative estimate of drug-likeness (QED) is 0.481. The van der Waals surface area contributed by atoms with Crippen molar-refractivity contribution in [2.75, 3.05) is 13.7 Å². The van der Waals surface area contributed by atoms with Crippen molar-refractivity contribution in [2.24, 2.45) is 0 Å². The molecule has 1 aliphatic heterocycles. The van der Waals surface area contributed by atoms with Crippen LogP contribution >= 0.6 is 0 Å². The highest BCUT2D eigenvalue weighted by molar-refractivity contribution is 5.69. The minimum atomic E-state index is -0.874. The van der Waals surface area contributed by atoms with Gasteiger partial charge in [0.05, 0.1) is 31.8 Å². The highest BCUT2D eigenvalue weighted by Gasteiger charge is 2.32. The zero-order valence-electron chi connectivity index (χ0n) is 18.9. The molecule has 3 aromatic carbocycles. The van der Waals surface area contributed by atoms with Crippen LogP contribution in [-0.4, -0.2) is 24.8 Å². The number of hydrogen-bond donors (Lipinski definition) is 1. The number of carboxylic acids is 1. The molecular formula is C27H22FNO6. The Labute approximate surface area is 201 Å². The lowest BCUT2D eigenvalue weighted by Gasteiger charge is -2.18. The van der Waals surface area contributed by atoms with Crippen molar-refractivity contribution in [3.05, 3.63) is 76.6 Å². The SMILES string of the molecule is COc1cc(C#N)ccc1Oc1ccc(F)c2c1CC[C@H]2Oc1ccc2c(c1)OCC2CC(=O)O. The Kier molecular flexibility index (Phi) is 5.91. The van der Waals surface area contributed by atoms with Gasteiger partial charge in [-0.25, -0.2) is 4.39 Å². The van der Waals surface area contributed by atoms with E-state index in [1.54, 1.807) is 36.4 Å². The molecule has 35 heavy (non-hydrogen) atoms. The number of ether oxygens (including phenoxy) is 4. The normalized spacial score (nSPS) is 17.6. The lowest BCUT2D eigenvalue weighted by Crippen LogP contribution is -2.07. The monoisotopic (exact) mass is 475 g/mol. The van der Waals surface area contributed by atoms with Gasteiger partial charge in [-0.2, -0.15) is 5.26 Å². The third-order valence-corrected chi connectivity index (χ3v) is 6.32. The Morgan fingerprint density at radius 3 is 2.77 bits per heavy atom. The predicted molar refractivity (Wildman–Crippen MR) is 123 cm³/mol. The van der Waals surface area contributed by atoms with Crippen molar-refractivity contribution in [3.8, 4) is 34.8 Å². The minimum Gasteiger partial charge on any atom is -0.493 e. The molecule has 0 fully saturated rings. The van der Waals surface area contributed by atoms with Gasteiger partial charge in [0.25, 0.3) is 0 Å². The average molecular weight is 475 g/mol. The molecule has 0 bridgehead atoms. The van der Waals surface area contributed by atoms with Gasteiger partial charge in [-0.05, 0) is 43.2 Å². The molecule has 3 aromatic rings. The van der Waals surface area contributed by atoms with Gasteiger partial charge in [0.15, 0.2) is 11.5 Å². The summed E-state index contributed by atoms with van der Waals surface area (Å²) in [6.07, 6.45) is 0.622. The van der Waals surface area contributed by atoms with Gasteiger partial charge >= 0.3 is 5.97 Å². The van der Waals surface area contributed by atoms with Crippen molar-refractivity contribution in [1.82, 2.24) is 0 Å². The molecule has 0 radical (unpaired) electrons. The second-order valence-corrected chi connectivity index (χ2v) is 8.47. The van der Waals surface area contributed by atoms with E-state index in [1.165, 1.54) is 13.2 Å². The number of hydrogen-bond acceptors (Lipinski definition) is 6. The maximum absolute atomic E-state index is 14.9. The molecule has 2 aliphatic rings. The molecule has 2 atom stereocenters. The Bertz CT molecular complexity index is 1350. The van der Waals surface area contributed by atoms with Gasteiger partial charge < -0.3 is 24.1 Å². The molecule has 1 aliphatic carbocycles. The van der Waals surface area contributed by atoms with Crippen LogP contribution in [0.2, 0.25) is 0 Å². The molecule has 7 nitrogen and oxygen atoms in total. The smallest absolute Gasteiger partial charge is 0.304 e. The number of nitrogens with zero attached hydrogens (tertiary/aromatic N) is 1. The van der Waals surface area contributed by atoms with Crippen LogP contribution in [-0.2, 0) is 11.2 Å². The molecule has 0 saturated heterocycles. The van der Waals surface area contributed by atoms with E-state index in [0.29, 0.717) is 59.3 Å². The number of fused-ring (bicyclic) bond motifs is 2. The van der Waals surface area contributed by atoms with E-state index in [4.69, 9.17) is 29.3 Å². The van der Waals surface area contributed by atoms with Crippen LogP contribution in [0.25, 0.3) is 0 Å². The highest BCUT2D eigenvalue weighted by Crippen LogP contribution is 2.45. The van der Waals surface area contributed by atoms with Crippen molar-refractivity contribution in [3.63, 3.8) is 0 Å². The maximum Gasteiger partial charge on any atom is 0.304 e. The van der Waals surface area contributed by atoms with E-state index in [9.17, 15) is 9.18 Å². The van der Waals surface area contributed by atoms with Gasteiger partial charge in [-0.3, -0.25) is 4.79 Å². The standard InChI is InChI=1S/C27H22FNO6/c1-32-25-10-15(13-29)2-7-22(25)35-21-9-6-20(28)27-19(21)5-8-23(27)34-17-3-4-18-16(11-26(30)31)14-33-24(18)12-17/h2-4,6-7,9-10,12,16,23H,5,8,11,14H2,1H3,(H,30,31)/t16?,23-/m1/s1. The van der Waals surface area contributed by atoms with E-state index < -0.39 is 12.1 Å². The fraction of sp³-hybridized carbons (Fsp3) is 0.259. The first-order valence-electron chi connectivity index (χ1n) is 11.2. The van der Waals surface area contributed by atoms with Crippen LogP contribution in [0.1, 0.15) is 47.1 Å². The number of nitriles is 1. The summed E-state index contributed by atoms with van der Waals surface area (Å²) in [6.45, 7) is 0.311. The summed E-state index contributed by atoms with van der Waals surface area (Å²) < 4.78 is 38.2. The molecule has 0 saturated carbocycles. The third kappa shape index (κ3) is 4.33. The number of carbonyl (C=O) groups is 1. The second-order valence-electron chi connectivity index (χ2n) is 8.47. The first kappa shape index (κ1) is 22.5. The Morgan fingerprint density at radius 1 is 1.17 bits per heavy atom. The van der Waals surface area contributed by atoms with Crippen LogP contribution in [0, 0.1) is 17.1 Å². The lowest BCUT2D eigenvalue weighted by atomic mass is 9.98. The van der Waals surface area contributed by atoms with E-state index in [1.807, 2.05) is 6.07 Å². The molecular weight excluding hydrogens is 453 g/mol. The molecule has 0 aromatic heterocycles. The Hall–Kier alpha value is -4.25. The molecule has 5 rings (SSSR count). The predicted octanol–water partition coefficient (Wildman–Crippen LogP) is 5.52. The third-order valence-electron chi connectivity index (χ3n) is 6.32. The number of carboxylic acid groups (broad SMARTS) is 1. The Balaban J connectivity index is 1.39. The molecule has 0 amide bonds. The topological polar surface area (TPSA) is 98.0 Å². The van der Waals surface area contributed by atoms with Crippen molar-refractivity contribution in [1.29, 1.82) is 5.26 Å². The van der Waals surface area contributed by atoms with Gasteiger partial charge in [-0.15, -0.1) is 0 Å². The fourth-order valence-electron chi connectivity index (χ4n) is 4.67. The first-order chi connectivity index (χ1) is 17.0. The number of benzene rings is 3. The first-order valence-corrected chi connectivity index (χ1v) is 11.2. The van der Waals surface area contributed by atoms with E-state index in [0.717, 1.165) is 11.1 Å². The van der Waals surface area contributed by atoms with Gasteiger partial charge in [0.2, 0.25) is 0 Å².